The van der Waals surface area contributed by atoms with Crippen molar-refractivity contribution in [2.45, 2.75) is 51.2 Å². The van der Waals surface area contributed by atoms with Crippen LogP contribution < -0.4 is 5.73 Å². The molecule has 22 heavy (non-hydrogen) atoms. The van der Waals surface area contributed by atoms with Gasteiger partial charge in [0.05, 0.1) is 12.1 Å². The van der Waals surface area contributed by atoms with Gasteiger partial charge >= 0.3 is 0 Å². The highest BCUT2D eigenvalue weighted by atomic mass is 16.3. The fourth-order valence-electron chi connectivity index (χ4n) is 3.14. The van der Waals surface area contributed by atoms with Crippen molar-refractivity contribution >= 4 is 5.91 Å². The van der Waals surface area contributed by atoms with Crippen LogP contribution in [0.3, 0.4) is 0 Å². The minimum Gasteiger partial charge on any atom is -0.388 e. The highest BCUT2D eigenvalue weighted by Gasteiger charge is 2.29. The van der Waals surface area contributed by atoms with E-state index in [0.29, 0.717) is 13.1 Å². The van der Waals surface area contributed by atoms with Crippen LogP contribution >= 0.6 is 0 Å². The number of aliphatic hydroxyl groups excluding tert-OH is 1. The Morgan fingerprint density at radius 2 is 1.95 bits per heavy atom. The van der Waals surface area contributed by atoms with Crippen LogP contribution in [0.15, 0.2) is 30.3 Å². The summed E-state index contributed by atoms with van der Waals surface area (Å²) in [6.07, 6.45) is 4.06. The summed E-state index contributed by atoms with van der Waals surface area (Å²) in [5.41, 5.74) is 6.94. The highest BCUT2D eigenvalue weighted by molar-refractivity contribution is 5.81. The van der Waals surface area contributed by atoms with E-state index in [-0.39, 0.29) is 17.9 Å². The minimum atomic E-state index is -0.438. The van der Waals surface area contributed by atoms with E-state index in [1.807, 2.05) is 35.2 Å². The Balaban J connectivity index is 1.84. The number of piperidine rings is 1. The first-order valence-corrected chi connectivity index (χ1v) is 8.40. The molecule has 4 heteroatoms. The zero-order chi connectivity index (χ0) is 15.9. The lowest BCUT2D eigenvalue weighted by atomic mass is 9.87. The number of carbonyl (C=O) groups is 1. The van der Waals surface area contributed by atoms with E-state index in [0.717, 1.165) is 37.7 Å². The number of rotatable bonds is 6. The van der Waals surface area contributed by atoms with Crippen LogP contribution in [0, 0.1) is 5.92 Å². The molecule has 0 aromatic heterocycles. The minimum absolute atomic E-state index is 0.0705. The van der Waals surface area contributed by atoms with Gasteiger partial charge in [0.2, 0.25) is 5.91 Å². The summed E-state index contributed by atoms with van der Waals surface area (Å²) in [6, 6.07) is 9.41. The largest absolute Gasteiger partial charge is 0.388 e. The third-order valence-corrected chi connectivity index (χ3v) is 4.62. The first-order chi connectivity index (χ1) is 10.6. The summed E-state index contributed by atoms with van der Waals surface area (Å²) in [4.78, 5) is 14.2. The third kappa shape index (κ3) is 4.31. The number of nitrogens with zero attached hydrogens (tertiary/aromatic N) is 1. The number of aliphatic hydroxyl groups is 1. The molecule has 0 saturated carbocycles. The van der Waals surface area contributed by atoms with Gasteiger partial charge in [-0.25, -0.2) is 0 Å². The van der Waals surface area contributed by atoms with Gasteiger partial charge in [-0.15, -0.1) is 0 Å². The fourth-order valence-corrected chi connectivity index (χ4v) is 3.14. The smallest absolute Gasteiger partial charge is 0.239 e. The van der Waals surface area contributed by atoms with E-state index in [4.69, 9.17) is 5.73 Å². The van der Waals surface area contributed by atoms with Crippen LogP contribution in [-0.4, -0.2) is 35.0 Å². The van der Waals surface area contributed by atoms with Crippen molar-refractivity contribution < 1.29 is 9.90 Å². The molecule has 1 heterocycles. The maximum absolute atomic E-state index is 12.3. The summed E-state index contributed by atoms with van der Waals surface area (Å²) in [5.74, 6) is 0.291. The molecule has 1 amide bonds. The SMILES string of the molecule is CCCCC(N)C(=O)N1CCC(C(O)c2ccccc2)CC1. The second-order valence-corrected chi connectivity index (χ2v) is 6.27. The molecule has 1 saturated heterocycles. The van der Waals surface area contributed by atoms with Gasteiger partial charge in [-0.3, -0.25) is 4.79 Å². The lowest BCUT2D eigenvalue weighted by molar-refractivity contribution is -0.134. The molecular formula is C18H28N2O2. The van der Waals surface area contributed by atoms with E-state index in [1.54, 1.807) is 0 Å². The number of hydrogen-bond donors (Lipinski definition) is 2. The Hall–Kier alpha value is -1.39. The van der Waals surface area contributed by atoms with Crippen LogP contribution in [0.2, 0.25) is 0 Å². The molecule has 4 nitrogen and oxygen atoms in total. The van der Waals surface area contributed by atoms with Crippen LogP contribution in [0.1, 0.15) is 50.7 Å². The zero-order valence-electron chi connectivity index (χ0n) is 13.4. The maximum Gasteiger partial charge on any atom is 0.239 e. The molecule has 0 bridgehead atoms. The van der Waals surface area contributed by atoms with Crippen molar-refractivity contribution in [3.63, 3.8) is 0 Å². The Kier molecular flexibility index (Phi) is 6.40. The molecule has 0 aliphatic carbocycles. The van der Waals surface area contributed by atoms with Crippen LogP contribution in [0.4, 0.5) is 0 Å². The van der Waals surface area contributed by atoms with Crippen molar-refractivity contribution in [2.75, 3.05) is 13.1 Å². The first-order valence-electron chi connectivity index (χ1n) is 8.40. The average molecular weight is 304 g/mol. The van der Waals surface area contributed by atoms with Crippen molar-refractivity contribution in [3.05, 3.63) is 35.9 Å². The molecule has 3 N–H and O–H groups in total. The normalized spacial score (nSPS) is 19.0. The van der Waals surface area contributed by atoms with Crippen LogP contribution in [-0.2, 0) is 4.79 Å². The standard InChI is InChI=1S/C18H28N2O2/c1-2-3-9-16(19)18(22)20-12-10-15(11-13-20)17(21)14-7-5-4-6-8-14/h4-8,15-17,21H,2-3,9-13,19H2,1H3. The molecule has 1 aliphatic heterocycles. The topological polar surface area (TPSA) is 66.6 Å². The van der Waals surface area contributed by atoms with E-state index >= 15 is 0 Å². The zero-order valence-corrected chi connectivity index (χ0v) is 13.4. The van der Waals surface area contributed by atoms with Crippen molar-refractivity contribution in [3.8, 4) is 0 Å². The molecule has 2 unspecified atom stereocenters. The molecule has 1 aromatic rings. The molecular weight excluding hydrogens is 276 g/mol. The number of amides is 1. The quantitative estimate of drug-likeness (QED) is 0.848. The van der Waals surface area contributed by atoms with Gasteiger partial charge in [-0.05, 0) is 30.7 Å². The molecule has 122 valence electrons. The highest BCUT2D eigenvalue weighted by Crippen LogP contribution is 2.30. The third-order valence-electron chi connectivity index (χ3n) is 4.62. The molecule has 2 atom stereocenters. The fraction of sp³-hybridized carbons (Fsp3) is 0.611. The Bertz CT molecular complexity index is 455. The predicted molar refractivity (Wildman–Crippen MR) is 88.2 cm³/mol. The van der Waals surface area contributed by atoms with Crippen molar-refractivity contribution in [1.29, 1.82) is 0 Å². The summed E-state index contributed by atoms with van der Waals surface area (Å²) < 4.78 is 0. The van der Waals surface area contributed by atoms with Crippen LogP contribution in [0.25, 0.3) is 0 Å². The Morgan fingerprint density at radius 3 is 2.55 bits per heavy atom. The number of unbranched alkanes of at least 4 members (excludes halogenated alkanes) is 1. The molecule has 1 aliphatic rings. The monoisotopic (exact) mass is 304 g/mol. The van der Waals surface area contributed by atoms with Crippen LogP contribution in [0.5, 0.6) is 0 Å². The second kappa shape index (κ2) is 8.30. The molecule has 2 rings (SSSR count). The Morgan fingerprint density at radius 1 is 1.32 bits per heavy atom. The molecule has 1 fully saturated rings. The van der Waals surface area contributed by atoms with Gasteiger partial charge < -0.3 is 15.7 Å². The summed E-state index contributed by atoms with van der Waals surface area (Å²) in [7, 11) is 0. The number of hydrogen-bond acceptors (Lipinski definition) is 3. The lowest BCUT2D eigenvalue weighted by Gasteiger charge is -2.35. The van der Waals surface area contributed by atoms with Gasteiger partial charge in [0.1, 0.15) is 0 Å². The summed E-state index contributed by atoms with van der Waals surface area (Å²) in [5, 5.41) is 10.5. The first kappa shape index (κ1) is 17.0. The second-order valence-electron chi connectivity index (χ2n) is 6.27. The molecule has 1 aromatic carbocycles. The van der Waals surface area contributed by atoms with Gasteiger partial charge in [0.15, 0.2) is 0 Å². The van der Waals surface area contributed by atoms with Gasteiger partial charge in [-0.1, -0.05) is 50.1 Å². The van der Waals surface area contributed by atoms with E-state index in [2.05, 4.69) is 6.92 Å². The summed E-state index contributed by atoms with van der Waals surface area (Å²) >= 11 is 0. The summed E-state index contributed by atoms with van der Waals surface area (Å²) in [6.45, 7) is 3.51. The number of nitrogens with two attached hydrogens (primary N) is 1. The van der Waals surface area contributed by atoms with Crippen molar-refractivity contribution in [2.24, 2.45) is 11.7 Å². The number of likely N-dealkylation sites (tertiary alicyclic amines) is 1. The molecule has 0 radical (unpaired) electrons. The average Bonchev–Trinajstić information content (AvgIpc) is 2.59. The molecule has 0 spiro atoms. The number of carbonyl (C=O) groups excluding carboxylic acids is 1. The maximum atomic E-state index is 12.3. The lowest BCUT2D eigenvalue weighted by Crippen LogP contribution is -2.47. The van der Waals surface area contributed by atoms with Gasteiger partial charge in [0, 0.05) is 13.1 Å². The van der Waals surface area contributed by atoms with Crippen molar-refractivity contribution in [1.82, 2.24) is 4.90 Å². The van der Waals surface area contributed by atoms with E-state index in [9.17, 15) is 9.90 Å². The van der Waals surface area contributed by atoms with Gasteiger partial charge in [0.25, 0.3) is 0 Å². The van der Waals surface area contributed by atoms with E-state index < -0.39 is 6.10 Å². The van der Waals surface area contributed by atoms with Gasteiger partial charge in [-0.2, -0.15) is 0 Å². The number of benzene rings is 1. The van der Waals surface area contributed by atoms with E-state index in [1.165, 1.54) is 0 Å². The predicted octanol–water partition coefficient (Wildman–Crippen LogP) is 2.48. The Labute approximate surface area is 133 Å².